The van der Waals surface area contributed by atoms with Gasteiger partial charge in [0.2, 0.25) is 0 Å². The monoisotopic (exact) mass is 480 g/mol. The fourth-order valence-corrected chi connectivity index (χ4v) is 4.25. The quantitative estimate of drug-likeness (QED) is 0.233. The molecule has 0 saturated heterocycles. The zero-order chi connectivity index (χ0) is 24.1. The Hall–Kier alpha value is -3.76. The standard InChI is InChI=1S/C24H28N6O3S/c1-30(2)8-4-9-33-15-5-6-21(32-3)18(11-15)28-22-12-16-19(13-26-14-20(16)29-22)27-17-7-10-34-23(17)24(25)31/h5-7,10-14,27-29H,4,8-9H2,1-3H3,(H2,25,31). The number of ether oxygens (including phenoxy) is 2. The van der Waals surface area contributed by atoms with Crippen LogP contribution in [0.25, 0.3) is 10.9 Å². The molecule has 9 nitrogen and oxygen atoms in total. The van der Waals surface area contributed by atoms with Gasteiger partial charge < -0.3 is 35.7 Å². The van der Waals surface area contributed by atoms with Gasteiger partial charge in [-0.2, -0.15) is 0 Å². The number of pyridine rings is 1. The number of H-pyrrole nitrogens is 1. The third-order valence-corrected chi connectivity index (χ3v) is 6.09. The normalized spacial score (nSPS) is 11.1. The maximum absolute atomic E-state index is 11.7. The molecule has 0 spiro atoms. The Labute approximate surface area is 201 Å². The van der Waals surface area contributed by atoms with Crippen molar-refractivity contribution < 1.29 is 14.3 Å². The fourth-order valence-electron chi connectivity index (χ4n) is 3.55. The Morgan fingerprint density at radius 3 is 2.76 bits per heavy atom. The summed E-state index contributed by atoms with van der Waals surface area (Å²) in [5.41, 5.74) is 8.50. The Morgan fingerprint density at radius 2 is 2.00 bits per heavy atom. The van der Waals surface area contributed by atoms with Gasteiger partial charge in [-0.05, 0) is 50.2 Å². The highest BCUT2D eigenvalue weighted by Gasteiger charge is 2.14. The lowest BCUT2D eigenvalue weighted by Gasteiger charge is -2.14. The number of hydrogen-bond acceptors (Lipinski definition) is 8. The molecule has 1 aromatic carbocycles. The molecule has 0 radical (unpaired) electrons. The van der Waals surface area contributed by atoms with E-state index >= 15 is 0 Å². The van der Waals surface area contributed by atoms with Crippen molar-refractivity contribution in [3.05, 3.63) is 53.0 Å². The van der Waals surface area contributed by atoms with Gasteiger partial charge in [-0.1, -0.05) is 0 Å². The average Bonchev–Trinajstić information content (AvgIpc) is 3.44. The first-order valence-electron chi connectivity index (χ1n) is 10.8. The number of nitrogens with one attached hydrogen (secondary N) is 3. The number of nitrogens with zero attached hydrogens (tertiary/aromatic N) is 2. The summed E-state index contributed by atoms with van der Waals surface area (Å²) in [7, 11) is 5.72. The topological polar surface area (TPSA) is 118 Å². The van der Waals surface area contributed by atoms with Crippen LogP contribution >= 0.6 is 11.3 Å². The van der Waals surface area contributed by atoms with Crippen molar-refractivity contribution in [2.75, 3.05) is 45.0 Å². The second kappa shape index (κ2) is 10.4. The first-order valence-corrected chi connectivity index (χ1v) is 11.7. The largest absolute Gasteiger partial charge is 0.495 e. The molecule has 0 saturated carbocycles. The van der Waals surface area contributed by atoms with Gasteiger partial charge >= 0.3 is 0 Å². The third kappa shape index (κ3) is 5.41. The van der Waals surface area contributed by atoms with Crippen molar-refractivity contribution >= 4 is 51.0 Å². The predicted molar refractivity (Wildman–Crippen MR) is 137 cm³/mol. The van der Waals surface area contributed by atoms with Crippen LogP contribution in [0.1, 0.15) is 16.1 Å². The van der Waals surface area contributed by atoms with Crippen LogP contribution in [-0.4, -0.2) is 55.1 Å². The molecule has 5 N–H and O–H groups in total. The number of nitrogens with two attached hydrogens (primary N) is 1. The van der Waals surface area contributed by atoms with Gasteiger partial charge in [0, 0.05) is 18.0 Å². The van der Waals surface area contributed by atoms with Gasteiger partial charge in [0.15, 0.2) is 0 Å². The first-order chi connectivity index (χ1) is 16.4. The van der Waals surface area contributed by atoms with E-state index in [1.54, 1.807) is 19.5 Å². The maximum atomic E-state index is 11.7. The molecule has 10 heteroatoms. The number of carbonyl (C=O) groups is 1. The number of fused-ring (bicyclic) bond motifs is 1. The van der Waals surface area contributed by atoms with Crippen LogP contribution in [0.5, 0.6) is 11.5 Å². The summed E-state index contributed by atoms with van der Waals surface area (Å²) in [6.45, 7) is 1.60. The lowest BCUT2D eigenvalue weighted by Crippen LogP contribution is -2.15. The van der Waals surface area contributed by atoms with E-state index in [-0.39, 0.29) is 0 Å². The molecule has 0 aliphatic carbocycles. The summed E-state index contributed by atoms with van der Waals surface area (Å²) in [5.74, 6) is 1.75. The van der Waals surface area contributed by atoms with Crippen LogP contribution in [0.3, 0.4) is 0 Å². The van der Waals surface area contributed by atoms with E-state index in [0.29, 0.717) is 22.9 Å². The van der Waals surface area contributed by atoms with Crippen molar-refractivity contribution in [3.8, 4) is 11.5 Å². The first kappa shape index (κ1) is 23.4. The van der Waals surface area contributed by atoms with Gasteiger partial charge in [-0.15, -0.1) is 11.3 Å². The summed E-state index contributed by atoms with van der Waals surface area (Å²) in [5, 5.41) is 9.39. The van der Waals surface area contributed by atoms with Gasteiger partial charge in [0.25, 0.3) is 5.91 Å². The Morgan fingerprint density at radius 1 is 1.15 bits per heavy atom. The Kier molecular flexibility index (Phi) is 7.19. The van der Waals surface area contributed by atoms with Gasteiger partial charge in [-0.3, -0.25) is 9.78 Å². The minimum absolute atomic E-state index is 0.468. The molecule has 4 rings (SSSR count). The maximum Gasteiger partial charge on any atom is 0.260 e. The molecule has 0 atom stereocenters. The summed E-state index contributed by atoms with van der Waals surface area (Å²) in [6, 6.07) is 9.49. The molecule has 0 fully saturated rings. The number of primary amides is 1. The number of methoxy groups -OCH3 is 1. The number of benzene rings is 1. The van der Waals surface area contributed by atoms with E-state index < -0.39 is 5.91 Å². The van der Waals surface area contributed by atoms with Crippen LogP contribution in [0.4, 0.5) is 22.9 Å². The minimum atomic E-state index is -0.468. The molecule has 4 aromatic rings. The van der Waals surface area contributed by atoms with E-state index in [0.717, 1.165) is 46.8 Å². The van der Waals surface area contributed by atoms with Crippen molar-refractivity contribution in [3.63, 3.8) is 0 Å². The Balaban J connectivity index is 1.55. The summed E-state index contributed by atoms with van der Waals surface area (Å²) in [4.78, 5) is 21.9. The van der Waals surface area contributed by atoms with Crippen LogP contribution in [0.2, 0.25) is 0 Å². The van der Waals surface area contributed by atoms with Crippen LogP contribution < -0.4 is 25.8 Å². The number of rotatable bonds is 11. The zero-order valence-corrected chi connectivity index (χ0v) is 20.2. The molecule has 3 aromatic heterocycles. The van der Waals surface area contributed by atoms with Crippen LogP contribution in [-0.2, 0) is 0 Å². The average molecular weight is 481 g/mol. The van der Waals surface area contributed by atoms with Crippen molar-refractivity contribution in [1.29, 1.82) is 0 Å². The Bertz CT molecular complexity index is 1280. The summed E-state index contributed by atoms with van der Waals surface area (Å²) in [6.07, 6.45) is 4.40. The number of hydrogen-bond donors (Lipinski definition) is 4. The number of anilines is 4. The van der Waals surface area contributed by atoms with E-state index in [1.807, 2.05) is 49.8 Å². The SMILES string of the molecule is COc1ccc(OCCCN(C)C)cc1Nc1cc2c(Nc3ccsc3C(N)=O)cncc2[nH]1. The fraction of sp³-hybridized carbons (Fsp3) is 0.250. The van der Waals surface area contributed by atoms with Crippen LogP contribution in [0.15, 0.2) is 48.1 Å². The lowest BCUT2D eigenvalue weighted by atomic mass is 10.2. The zero-order valence-electron chi connectivity index (χ0n) is 19.3. The second-order valence-corrected chi connectivity index (χ2v) is 8.89. The molecular weight excluding hydrogens is 452 g/mol. The number of carbonyl (C=O) groups excluding carboxylic acids is 1. The molecule has 0 bridgehead atoms. The highest BCUT2D eigenvalue weighted by atomic mass is 32.1. The number of aromatic nitrogens is 2. The molecule has 0 aliphatic rings. The predicted octanol–water partition coefficient (Wildman–Crippen LogP) is 4.55. The van der Waals surface area contributed by atoms with Gasteiger partial charge in [-0.25, -0.2) is 0 Å². The second-order valence-electron chi connectivity index (χ2n) is 7.98. The van der Waals surface area contributed by atoms with Crippen molar-refractivity contribution in [2.24, 2.45) is 5.73 Å². The van der Waals surface area contributed by atoms with E-state index in [1.165, 1.54) is 11.3 Å². The smallest absolute Gasteiger partial charge is 0.260 e. The molecule has 0 aliphatic heterocycles. The van der Waals surface area contributed by atoms with E-state index in [9.17, 15) is 4.79 Å². The molecule has 1 amide bonds. The van der Waals surface area contributed by atoms with Crippen molar-refractivity contribution in [2.45, 2.75) is 6.42 Å². The molecule has 0 unspecified atom stereocenters. The number of aromatic amines is 1. The molecule has 3 heterocycles. The van der Waals surface area contributed by atoms with Crippen LogP contribution in [0, 0.1) is 0 Å². The van der Waals surface area contributed by atoms with Crippen molar-refractivity contribution in [1.82, 2.24) is 14.9 Å². The number of amides is 1. The van der Waals surface area contributed by atoms with E-state index in [4.69, 9.17) is 15.2 Å². The number of thiophene rings is 1. The highest BCUT2D eigenvalue weighted by molar-refractivity contribution is 7.12. The summed E-state index contributed by atoms with van der Waals surface area (Å²) < 4.78 is 11.4. The lowest BCUT2D eigenvalue weighted by molar-refractivity contribution is 0.100. The van der Waals surface area contributed by atoms with E-state index in [2.05, 4.69) is 25.5 Å². The summed E-state index contributed by atoms with van der Waals surface area (Å²) >= 11 is 1.30. The van der Waals surface area contributed by atoms with Gasteiger partial charge in [0.1, 0.15) is 22.2 Å². The highest BCUT2D eigenvalue weighted by Crippen LogP contribution is 2.35. The third-order valence-electron chi connectivity index (χ3n) is 5.16. The molecular formula is C24H28N6O3S. The minimum Gasteiger partial charge on any atom is -0.495 e. The molecule has 178 valence electrons. The van der Waals surface area contributed by atoms with Gasteiger partial charge in [0.05, 0.1) is 48.7 Å². The molecule has 34 heavy (non-hydrogen) atoms.